The Hall–Kier alpha value is -3.76. The lowest BCUT2D eigenvalue weighted by molar-refractivity contribution is 0.529. The topological polar surface area (TPSA) is 91.1 Å². The van der Waals surface area contributed by atoms with E-state index in [9.17, 15) is 4.79 Å². The van der Waals surface area contributed by atoms with E-state index in [0.717, 1.165) is 16.1 Å². The van der Waals surface area contributed by atoms with Crippen molar-refractivity contribution in [1.29, 1.82) is 0 Å². The highest BCUT2D eigenvalue weighted by atomic mass is 32.2. The summed E-state index contributed by atoms with van der Waals surface area (Å²) in [5.74, 6) is 1.88. The molecule has 6 rings (SSSR count). The van der Waals surface area contributed by atoms with Crippen LogP contribution in [0.15, 0.2) is 86.5 Å². The molecule has 4 aromatic heterocycles. The van der Waals surface area contributed by atoms with Crippen LogP contribution >= 0.6 is 23.1 Å². The lowest BCUT2D eigenvalue weighted by Gasteiger charge is -2.11. The van der Waals surface area contributed by atoms with Crippen LogP contribution in [-0.4, -0.2) is 29.4 Å². The molecule has 2 aromatic carbocycles. The van der Waals surface area contributed by atoms with Gasteiger partial charge in [0.25, 0.3) is 11.4 Å². The van der Waals surface area contributed by atoms with Crippen LogP contribution in [0, 0.1) is 0 Å². The molecule has 10 heteroatoms. The number of rotatable bonds is 5. The van der Waals surface area contributed by atoms with Crippen LogP contribution in [0.25, 0.3) is 33.1 Å². The summed E-state index contributed by atoms with van der Waals surface area (Å²) in [4.78, 5) is 14.2. The zero-order valence-corrected chi connectivity index (χ0v) is 18.1. The normalized spacial score (nSPS) is 11.5. The van der Waals surface area contributed by atoms with Gasteiger partial charge in [-0.05, 0) is 35.7 Å². The fourth-order valence-electron chi connectivity index (χ4n) is 3.52. The molecular weight excluding hydrogens is 444 g/mol. The molecule has 0 atom stereocenters. The van der Waals surface area contributed by atoms with Gasteiger partial charge in [0.15, 0.2) is 5.16 Å². The molecule has 0 unspecified atom stereocenters. The van der Waals surface area contributed by atoms with Crippen LogP contribution < -0.4 is 5.56 Å². The van der Waals surface area contributed by atoms with Crippen LogP contribution in [0.5, 0.6) is 0 Å². The molecule has 4 heterocycles. The highest BCUT2D eigenvalue weighted by molar-refractivity contribution is 7.98. The molecule has 0 bridgehead atoms. The quantitative estimate of drug-likeness (QED) is 0.353. The summed E-state index contributed by atoms with van der Waals surface area (Å²) in [6, 6.07) is 20.8. The molecule has 0 aliphatic rings. The molecule has 0 radical (unpaired) electrons. The number of thiophene rings is 1. The summed E-state index contributed by atoms with van der Waals surface area (Å²) < 4.78 is 9.27. The van der Waals surface area contributed by atoms with Crippen molar-refractivity contribution in [2.45, 2.75) is 10.9 Å². The molecule has 0 aliphatic carbocycles. The third kappa shape index (κ3) is 3.12. The second kappa shape index (κ2) is 7.74. The van der Waals surface area contributed by atoms with Gasteiger partial charge in [-0.15, -0.1) is 31.7 Å². The zero-order chi connectivity index (χ0) is 21.5. The van der Waals surface area contributed by atoms with Crippen molar-refractivity contribution in [3.63, 3.8) is 0 Å². The number of hydrogen-bond donors (Lipinski definition) is 0. The Labute approximate surface area is 189 Å². The van der Waals surface area contributed by atoms with Crippen molar-refractivity contribution in [2.24, 2.45) is 0 Å². The Bertz CT molecular complexity index is 1600. The van der Waals surface area contributed by atoms with Gasteiger partial charge < -0.3 is 4.42 Å². The SMILES string of the molecule is O=c1c2ccccc2n2c(SCc3nnc(-c4cccs4)o3)nnc2n1-c1ccccc1. The van der Waals surface area contributed by atoms with Crippen molar-refractivity contribution in [3.8, 4) is 16.5 Å². The maximum Gasteiger partial charge on any atom is 0.267 e. The largest absolute Gasteiger partial charge is 0.419 e. The predicted molar refractivity (Wildman–Crippen MR) is 123 cm³/mol. The molecule has 32 heavy (non-hydrogen) atoms. The minimum absolute atomic E-state index is 0.138. The molecule has 0 saturated carbocycles. The fourth-order valence-corrected chi connectivity index (χ4v) is 4.94. The fraction of sp³-hybridized carbons (Fsp3) is 0.0455. The van der Waals surface area contributed by atoms with Crippen molar-refractivity contribution >= 4 is 39.8 Å². The second-order valence-corrected chi connectivity index (χ2v) is 8.77. The van der Waals surface area contributed by atoms with Crippen molar-refractivity contribution in [2.75, 3.05) is 0 Å². The summed E-state index contributed by atoms with van der Waals surface area (Å²) in [5, 5.41) is 20.2. The van der Waals surface area contributed by atoms with E-state index in [1.165, 1.54) is 11.8 Å². The Kier molecular flexibility index (Phi) is 4.58. The molecule has 0 saturated heterocycles. The standard InChI is InChI=1S/C22H14N6O2S2/c29-20-15-9-4-5-10-16(15)28-21(27(20)14-7-2-1-3-8-14)25-26-22(28)32-13-18-23-24-19(30-18)17-11-6-12-31-17/h1-12H,13H2. The Morgan fingerprint density at radius 1 is 0.906 bits per heavy atom. The van der Waals surface area contributed by atoms with Gasteiger partial charge in [-0.1, -0.05) is 48.2 Å². The first-order valence-corrected chi connectivity index (χ1v) is 11.6. The molecule has 156 valence electrons. The van der Waals surface area contributed by atoms with E-state index < -0.39 is 0 Å². The summed E-state index contributed by atoms with van der Waals surface area (Å²) >= 11 is 2.97. The van der Waals surface area contributed by atoms with Crippen LogP contribution in [0.2, 0.25) is 0 Å². The molecule has 0 N–H and O–H groups in total. The average Bonchev–Trinajstić information content (AvgIpc) is 3.59. The van der Waals surface area contributed by atoms with Crippen molar-refractivity contribution in [3.05, 3.63) is 88.4 Å². The van der Waals surface area contributed by atoms with Gasteiger partial charge in [0.2, 0.25) is 11.7 Å². The van der Waals surface area contributed by atoms with Gasteiger partial charge in [0.05, 0.1) is 27.2 Å². The summed E-state index contributed by atoms with van der Waals surface area (Å²) in [6.07, 6.45) is 0. The molecule has 6 aromatic rings. The van der Waals surface area contributed by atoms with E-state index in [1.807, 2.05) is 76.5 Å². The van der Waals surface area contributed by atoms with Gasteiger partial charge >= 0.3 is 0 Å². The van der Waals surface area contributed by atoms with Crippen LogP contribution in [-0.2, 0) is 5.75 Å². The van der Waals surface area contributed by atoms with E-state index in [-0.39, 0.29) is 5.56 Å². The van der Waals surface area contributed by atoms with E-state index in [4.69, 9.17) is 4.42 Å². The summed E-state index contributed by atoms with van der Waals surface area (Å²) in [5.41, 5.74) is 1.34. The number of hydrogen-bond acceptors (Lipinski definition) is 8. The Morgan fingerprint density at radius 3 is 2.59 bits per heavy atom. The number of aromatic nitrogens is 6. The van der Waals surface area contributed by atoms with E-state index >= 15 is 0 Å². The van der Waals surface area contributed by atoms with Crippen LogP contribution in [0.1, 0.15) is 5.89 Å². The predicted octanol–water partition coefficient (Wildman–Crippen LogP) is 4.44. The number of thioether (sulfide) groups is 1. The van der Waals surface area contributed by atoms with Crippen molar-refractivity contribution < 1.29 is 4.42 Å². The molecule has 0 fully saturated rings. The van der Waals surface area contributed by atoms with E-state index in [0.29, 0.717) is 33.9 Å². The third-order valence-electron chi connectivity index (χ3n) is 4.93. The van der Waals surface area contributed by atoms with Gasteiger partial charge in [-0.3, -0.25) is 9.20 Å². The lowest BCUT2D eigenvalue weighted by atomic mass is 10.2. The Balaban J connectivity index is 1.45. The first-order chi connectivity index (χ1) is 15.8. The Morgan fingerprint density at radius 2 is 1.75 bits per heavy atom. The second-order valence-electron chi connectivity index (χ2n) is 6.88. The minimum atomic E-state index is -0.138. The zero-order valence-electron chi connectivity index (χ0n) is 16.5. The van der Waals surface area contributed by atoms with Gasteiger partial charge in [-0.25, -0.2) is 4.57 Å². The molecule has 0 amide bonds. The molecule has 0 spiro atoms. The highest BCUT2D eigenvalue weighted by Crippen LogP contribution is 2.28. The first-order valence-electron chi connectivity index (χ1n) is 9.73. The number of para-hydroxylation sites is 2. The van der Waals surface area contributed by atoms with Crippen LogP contribution in [0.3, 0.4) is 0 Å². The monoisotopic (exact) mass is 458 g/mol. The average molecular weight is 459 g/mol. The van der Waals surface area contributed by atoms with Gasteiger partial charge in [-0.2, -0.15) is 0 Å². The van der Waals surface area contributed by atoms with Gasteiger partial charge in [0.1, 0.15) is 0 Å². The minimum Gasteiger partial charge on any atom is -0.419 e. The molecular formula is C22H14N6O2S2. The number of nitrogens with zero attached hydrogens (tertiary/aromatic N) is 6. The lowest BCUT2D eigenvalue weighted by Crippen LogP contribution is -2.21. The summed E-state index contributed by atoms with van der Waals surface area (Å²) in [7, 11) is 0. The smallest absolute Gasteiger partial charge is 0.267 e. The maximum absolute atomic E-state index is 13.3. The number of fused-ring (bicyclic) bond motifs is 3. The van der Waals surface area contributed by atoms with E-state index in [2.05, 4.69) is 20.4 Å². The third-order valence-corrected chi connectivity index (χ3v) is 6.70. The summed E-state index contributed by atoms with van der Waals surface area (Å²) in [6.45, 7) is 0. The van der Waals surface area contributed by atoms with Gasteiger partial charge in [0, 0.05) is 0 Å². The highest BCUT2D eigenvalue weighted by Gasteiger charge is 2.19. The van der Waals surface area contributed by atoms with E-state index in [1.54, 1.807) is 15.9 Å². The number of benzene rings is 2. The first kappa shape index (κ1) is 19.0. The van der Waals surface area contributed by atoms with Crippen molar-refractivity contribution in [1.82, 2.24) is 29.4 Å². The molecule has 8 nitrogen and oxygen atoms in total. The maximum atomic E-state index is 13.3. The van der Waals surface area contributed by atoms with Crippen LogP contribution in [0.4, 0.5) is 0 Å². The molecule has 0 aliphatic heterocycles.